The fourth-order valence-electron chi connectivity index (χ4n) is 2.09. The molecule has 0 bridgehead atoms. The number of nitrogens with one attached hydrogen (secondary N) is 1. The number of rotatable bonds is 8. The molecule has 2 atom stereocenters. The van der Waals surface area contributed by atoms with Crippen molar-refractivity contribution in [2.24, 2.45) is 11.8 Å². The van der Waals surface area contributed by atoms with Gasteiger partial charge in [0.15, 0.2) is 0 Å². The van der Waals surface area contributed by atoms with E-state index in [4.69, 9.17) is 10.6 Å². The van der Waals surface area contributed by atoms with Gasteiger partial charge in [-0.2, -0.15) is 0 Å². The van der Waals surface area contributed by atoms with Crippen LogP contribution in [0.1, 0.15) is 26.1 Å². The number of hydrogen-bond donors (Lipinski definition) is 2. The highest BCUT2D eigenvalue weighted by atomic mass is 16.5. The number of aryl methyl sites for hydroxylation is 1. The Kier molecular flexibility index (Phi) is 6.18. The van der Waals surface area contributed by atoms with E-state index in [1.54, 1.807) is 7.11 Å². The highest BCUT2D eigenvalue weighted by Gasteiger charge is 2.14. The van der Waals surface area contributed by atoms with Gasteiger partial charge in [0.1, 0.15) is 5.82 Å². The topological polar surface area (TPSA) is 65.1 Å². The van der Waals surface area contributed by atoms with Gasteiger partial charge >= 0.3 is 0 Å². The average Bonchev–Trinajstić information content (AvgIpc) is 2.75. The molecule has 5 nitrogen and oxygen atoms in total. The number of nitrogens with zero attached hydrogens (tertiary/aromatic N) is 2. The maximum absolute atomic E-state index is 5.60. The van der Waals surface area contributed by atoms with Gasteiger partial charge in [-0.1, -0.05) is 6.92 Å². The third-order valence-corrected chi connectivity index (χ3v) is 2.95. The summed E-state index contributed by atoms with van der Waals surface area (Å²) >= 11 is 0. The first-order chi connectivity index (χ1) is 8.21. The highest BCUT2D eigenvalue weighted by molar-refractivity contribution is 4.95. The van der Waals surface area contributed by atoms with Crippen LogP contribution < -0.4 is 11.3 Å². The third-order valence-electron chi connectivity index (χ3n) is 2.95. The summed E-state index contributed by atoms with van der Waals surface area (Å²) in [4.78, 5) is 4.36. The Bertz CT molecular complexity index is 313. The average molecular weight is 240 g/mol. The number of imidazole rings is 1. The molecule has 0 aromatic carbocycles. The summed E-state index contributed by atoms with van der Waals surface area (Å²) in [6.07, 6.45) is 5.68. The Morgan fingerprint density at radius 3 is 2.94 bits per heavy atom. The minimum Gasteiger partial charge on any atom is -0.384 e. The molecule has 0 radical (unpaired) electrons. The largest absolute Gasteiger partial charge is 0.384 e. The van der Waals surface area contributed by atoms with Crippen LogP contribution in [0.4, 0.5) is 0 Å². The first kappa shape index (κ1) is 14.2. The number of hydrazine groups is 1. The van der Waals surface area contributed by atoms with Gasteiger partial charge in [-0.05, 0) is 19.3 Å². The summed E-state index contributed by atoms with van der Waals surface area (Å²) < 4.78 is 7.28. The molecule has 98 valence electrons. The fourth-order valence-corrected chi connectivity index (χ4v) is 2.09. The molecule has 0 saturated heterocycles. The number of methoxy groups -OCH3 is 1. The summed E-state index contributed by atoms with van der Waals surface area (Å²) in [6, 6.07) is 0.243. The van der Waals surface area contributed by atoms with Crippen LogP contribution >= 0.6 is 0 Å². The Hall–Kier alpha value is -0.910. The van der Waals surface area contributed by atoms with Crippen molar-refractivity contribution >= 4 is 0 Å². The van der Waals surface area contributed by atoms with Crippen molar-refractivity contribution < 1.29 is 4.74 Å². The summed E-state index contributed by atoms with van der Waals surface area (Å²) in [5.74, 6) is 7.17. The smallest absolute Gasteiger partial charge is 0.110 e. The van der Waals surface area contributed by atoms with Crippen molar-refractivity contribution in [2.75, 3.05) is 13.7 Å². The van der Waals surface area contributed by atoms with Crippen LogP contribution in [0.15, 0.2) is 12.4 Å². The predicted molar refractivity (Wildman–Crippen MR) is 68.4 cm³/mol. The van der Waals surface area contributed by atoms with Crippen LogP contribution in [0.25, 0.3) is 0 Å². The van der Waals surface area contributed by atoms with Crippen molar-refractivity contribution in [3.63, 3.8) is 0 Å². The molecule has 0 saturated carbocycles. The van der Waals surface area contributed by atoms with E-state index in [1.165, 1.54) is 0 Å². The van der Waals surface area contributed by atoms with E-state index in [-0.39, 0.29) is 6.04 Å². The molecule has 0 aliphatic carbocycles. The highest BCUT2D eigenvalue weighted by Crippen LogP contribution is 2.10. The molecular formula is C12H24N4O. The van der Waals surface area contributed by atoms with Crippen LogP contribution in [0.5, 0.6) is 0 Å². The van der Waals surface area contributed by atoms with Gasteiger partial charge < -0.3 is 9.30 Å². The van der Waals surface area contributed by atoms with Gasteiger partial charge in [-0.3, -0.25) is 11.3 Å². The predicted octanol–water partition coefficient (Wildman–Crippen LogP) is 0.950. The van der Waals surface area contributed by atoms with Gasteiger partial charge in [0.25, 0.3) is 0 Å². The lowest BCUT2D eigenvalue weighted by molar-refractivity contribution is 0.149. The summed E-state index contributed by atoms with van der Waals surface area (Å²) in [5, 5.41) is 0. The van der Waals surface area contributed by atoms with E-state index in [0.29, 0.717) is 5.92 Å². The van der Waals surface area contributed by atoms with Gasteiger partial charge in [0.05, 0.1) is 0 Å². The minimum atomic E-state index is 0.243. The molecule has 1 rings (SSSR count). The first-order valence-corrected chi connectivity index (χ1v) is 6.16. The van der Waals surface area contributed by atoms with Crippen LogP contribution in [0, 0.1) is 5.92 Å². The van der Waals surface area contributed by atoms with E-state index in [2.05, 4.69) is 28.8 Å². The molecule has 1 aromatic heterocycles. The van der Waals surface area contributed by atoms with Crippen molar-refractivity contribution in [1.29, 1.82) is 0 Å². The Labute approximate surface area is 103 Å². The summed E-state index contributed by atoms with van der Waals surface area (Å²) in [5.41, 5.74) is 2.87. The standard InChI is InChI=1S/C12H24N4O/c1-4-16-6-5-14-12(16)8-11(15-13)7-10(2)9-17-3/h5-6,10-11,15H,4,7-9,13H2,1-3H3. The molecule has 0 fully saturated rings. The second-order valence-corrected chi connectivity index (χ2v) is 4.49. The van der Waals surface area contributed by atoms with Crippen LogP contribution in [-0.2, 0) is 17.7 Å². The van der Waals surface area contributed by atoms with E-state index in [9.17, 15) is 0 Å². The number of hydrogen-bond acceptors (Lipinski definition) is 4. The van der Waals surface area contributed by atoms with Gasteiger partial charge in [0, 0.05) is 45.1 Å². The molecule has 0 aliphatic rings. The van der Waals surface area contributed by atoms with Gasteiger partial charge in [-0.15, -0.1) is 0 Å². The lowest BCUT2D eigenvalue weighted by atomic mass is 10.0. The van der Waals surface area contributed by atoms with E-state index in [0.717, 1.165) is 31.8 Å². The van der Waals surface area contributed by atoms with Crippen LogP contribution in [-0.4, -0.2) is 29.3 Å². The number of aromatic nitrogens is 2. The summed E-state index contributed by atoms with van der Waals surface area (Å²) in [6.45, 7) is 5.99. The molecule has 2 unspecified atom stereocenters. The zero-order valence-electron chi connectivity index (χ0n) is 11.0. The fraction of sp³-hybridized carbons (Fsp3) is 0.750. The van der Waals surface area contributed by atoms with E-state index >= 15 is 0 Å². The van der Waals surface area contributed by atoms with Crippen molar-refractivity contribution in [1.82, 2.24) is 15.0 Å². The van der Waals surface area contributed by atoms with Crippen molar-refractivity contribution in [2.45, 2.75) is 39.3 Å². The second-order valence-electron chi connectivity index (χ2n) is 4.49. The van der Waals surface area contributed by atoms with E-state index in [1.807, 2.05) is 12.4 Å². The maximum atomic E-state index is 5.60. The lowest BCUT2D eigenvalue weighted by Gasteiger charge is -2.19. The maximum Gasteiger partial charge on any atom is 0.110 e. The molecule has 17 heavy (non-hydrogen) atoms. The second kappa shape index (κ2) is 7.42. The van der Waals surface area contributed by atoms with E-state index < -0.39 is 0 Å². The summed E-state index contributed by atoms with van der Waals surface area (Å²) in [7, 11) is 1.73. The molecule has 1 heterocycles. The number of ether oxygens (including phenoxy) is 1. The molecule has 0 aliphatic heterocycles. The van der Waals surface area contributed by atoms with Crippen molar-refractivity contribution in [3.05, 3.63) is 18.2 Å². The van der Waals surface area contributed by atoms with Gasteiger partial charge in [-0.25, -0.2) is 4.98 Å². The zero-order valence-corrected chi connectivity index (χ0v) is 11.0. The van der Waals surface area contributed by atoms with Crippen LogP contribution in [0.2, 0.25) is 0 Å². The first-order valence-electron chi connectivity index (χ1n) is 6.16. The molecule has 0 spiro atoms. The van der Waals surface area contributed by atoms with Gasteiger partial charge in [0.2, 0.25) is 0 Å². The molecular weight excluding hydrogens is 216 g/mol. The monoisotopic (exact) mass is 240 g/mol. The molecule has 0 amide bonds. The Morgan fingerprint density at radius 1 is 1.59 bits per heavy atom. The Morgan fingerprint density at radius 2 is 2.35 bits per heavy atom. The Balaban J connectivity index is 2.51. The lowest BCUT2D eigenvalue weighted by Crippen LogP contribution is -2.39. The molecule has 1 aromatic rings. The normalized spacial score (nSPS) is 14.8. The molecule has 3 N–H and O–H groups in total. The minimum absolute atomic E-state index is 0.243. The molecule has 5 heteroatoms. The zero-order chi connectivity index (χ0) is 12.7. The SMILES string of the molecule is CCn1ccnc1CC(CC(C)COC)NN. The van der Waals surface area contributed by atoms with Crippen molar-refractivity contribution in [3.8, 4) is 0 Å². The third kappa shape index (κ3) is 4.46. The quantitative estimate of drug-likeness (QED) is 0.524. The number of nitrogens with two attached hydrogens (primary N) is 1. The van der Waals surface area contributed by atoms with Crippen LogP contribution in [0.3, 0.4) is 0 Å².